The molecule has 0 saturated carbocycles. The number of nitrogens with zero attached hydrogens (tertiary/aromatic N) is 1. The van der Waals surface area contributed by atoms with Gasteiger partial charge in [-0.05, 0) is 31.3 Å². The van der Waals surface area contributed by atoms with Crippen LogP contribution in [-0.4, -0.2) is 44.4 Å². The molecule has 1 aromatic rings. The minimum absolute atomic E-state index is 0. The van der Waals surface area contributed by atoms with E-state index in [1.807, 2.05) is 0 Å². The number of carbonyl (C=O) groups excluding carboxylic acids is 2. The average Bonchev–Trinajstić information content (AvgIpc) is 2.36. The van der Waals surface area contributed by atoms with E-state index in [1.165, 1.54) is 4.90 Å². The van der Waals surface area contributed by atoms with Crippen molar-refractivity contribution in [3.05, 3.63) is 29.8 Å². The lowest BCUT2D eigenvalue weighted by Gasteiger charge is -2.11. The monoisotopic (exact) mass is 285 g/mol. The van der Waals surface area contributed by atoms with Crippen LogP contribution in [0.1, 0.15) is 16.8 Å². The molecule has 0 spiro atoms. The van der Waals surface area contributed by atoms with E-state index in [1.54, 1.807) is 45.4 Å². The molecule has 5 nitrogen and oxygen atoms in total. The Hall–Kier alpha value is -1.59. The Morgan fingerprint density at radius 2 is 1.74 bits per heavy atom. The largest absolute Gasteiger partial charge is 0.345 e. The normalized spacial score (nSPS) is 9.42. The Morgan fingerprint density at radius 1 is 1.16 bits per heavy atom. The van der Waals surface area contributed by atoms with Crippen molar-refractivity contribution in [2.75, 3.05) is 33.0 Å². The van der Waals surface area contributed by atoms with Gasteiger partial charge in [0.2, 0.25) is 5.91 Å². The summed E-state index contributed by atoms with van der Waals surface area (Å²) in [4.78, 5) is 24.6. The molecule has 6 heteroatoms. The summed E-state index contributed by atoms with van der Waals surface area (Å²) in [6.07, 6.45) is 0.425. The molecular weight excluding hydrogens is 266 g/mol. The first-order chi connectivity index (χ1) is 8.54. The van der Waals surface area contributed by atoms with Crippen molar-refractivity contribution in [1.29, 1.82) is 0 Å². The third-order valence-electron chi connectivity index (χ3n) is 2.42. The third-order valence-corrected chi connectivity index (χ3v) is 2.42. The summed E-state index contributed by atoms with van der Waals surface area (Å²) in [5.41, 5.74) is 1.31. The van der Waals surface area contributed by atoms with Gasteiger partial charge in [-0.25, -0.2) is 0 Å². The number of anilines is 1. The van der Waals surface area contributed by atoms with Crippen LogP contribution in [0.25, 0.3) is 0 Å². The molecule has 1 aromatic carbocycles. The Morgan fingerprint density at radius 3 is 2.21 bits per heavy atom. The van der Waals surface area contributed by atoms with Crippen LogP contribution >= 0.6 is 12.4 Å². The number of nitrogens with one attached hydrogen (secondary N) is 2. The zero-order chi connectivity index (χ0) is 13.5. The number of benzene rings is 1. The van der Waals surface area contributed by atoms with Crippen LogP contribution in [0, 0.1) is 0 Å². The van der Waals surface area contributed by atoms with Gasteiger partial charge in [-0.15, -0.1) is 12.4 Å². The van der Waals surface area contributed by atoms with Crippen LogP contribution in [0.4, 0.5) is 5.69 Å². The highest BCUT2D eigenvalue weighted by atomic mass is 35.5. The van der Waals surface area contributed by atoms with Crippen LogP contribution in [0.3, 0.4) is 0 Å². The number of hydrogen-bond acceptors (Lipinski definition) is 3. The second-order valence-corrected chi connectivity index (χ2v) is 4.18. The fourth-order valence-corrected chi connectivity index (χ4v) is 1.42. The van der Waals surface area contributed by atoms with E-state index in [9.17, 15) is 9.59 Å². The van der Waals surface area contributed by atoms with Gasteiger partial charge in [0.1, 0.15) is 0 Å². The van der Waals surface area contributed by atoms with Crippen molar-refractivity contribution in [3.8, 4) is 0 Å². The lowest BCUT2D eigenvalue weighted by Crippen LogP contribution is -2.21. The van der Waals surface area contributed by atoms with Gasteiger partial charge in [0.15, 0.2) is 0 Å². The maximum absolute atomic E-state index is 11.6. The SMILES string of the molecule is CNCCC(=O)Nc1ccc(C(=O)N(C)C)cc1.Cl. The second-order valence-electron chi connectivity index (χ2n) is 4.18. The predicted octanol–water partition coefficient (Wildman–Crippen LogP) is 1.36. The molecule has 19 heavy (non-hydrogen) atoms. The number of halogens is 1. The Labute approximate surface area is 119 Å². The molecule has 0 aliphatic carbocycles. The highest BCUT2D eigenvalue weighted by Crippen LogP contribution is 2.11. The molecule has 0 aliphatic heterocycles. The standard InChI is InChI=1S/C13H19N3O2.ClH/c1-14-9-8-12(17)15-11-6-4-10(5-7-11)13(18)16(2)3;/h4-7,14H,8-9H2,1-3H3,(H,15,17);1H. The topological polar surface area (TPSA) is 61.4 Å². The van der Waals surface area contributed by atoms with Crippen molar-refractivity contribution < 1.29 is 9.59 Å². The van der Waals surface area contributed by atoms with Gasteiger partial charge in [-0.3, -0.25) is 9.59 Å². The third kappa shape index (κ3) is 5.72. The van der Waals surface area contributed by atoms with Crippen molar-refractivity contribution in [1.82, 2.24) is 10.2 Å². The quantitative estimate of drug-likeness (QED) is 0.859. The first-order valence-corrected chi connectivity index (χ1v) is 5.80. The minimum atomic E-state index is -0.0527. The first kappa shape index (κ1) is 17.4. The number of hydrogen-bond donors (Lipinski definition) is 2. The molecule has 106 valence electrons. The molecule has 1 rings (SSSR count). The summed E-state index contributed by atoms with van der Waals surface area (Å²) in [5, 5.41) is 5.68. The van der Waals surface area contributed by atoms with Crippen LogP contribution < -0.4 is 10.6 Å². The van der Waals surface area contributed by atoms with E-state index in [2.05, 4.69) is 10.6 Å². The first-order valence-electron chi connectivity index (χ1n) is 5.80. The van der Waals surface area contributed by atoms with Gasteiger partial charge in [0.25, 0.3) is 5.91 Å². The summed E-state index contributed by atoms with van der Waals surface area (Å²) in [6, 6.07) is 6.87. The molecule has 0 aromatic heterocycles. The fourth-order valence-electron chi connectivity index (χ4n) is 1.42. The fraction of sp³-hybridized carbons (Fsp3) is 0.385. The van der Waals surface area contributed by atoms with Gasteiger partial charge in [0, 0.05) is 38.3 Å². The zero-order valence-corrected chi connectivity index (χ0v) is 12.2. The maximum atomic E-state index is 11.6. The summed E-state index contributed by atoms with van der Waals surface area (Å²) < 4.78 is 0. The van der Waals surface area contributed by atoms with Gasteiger partial charge in [0.05, 0.1) is 0 Å². The Kier molecular flexibility index (Phi) is 7.79. The molecule has 0 aliphatic rings. The minimum Gasteiger partial charge on any atom is -0.345 e. The molecule has 0 heterocycles. The van der Waals surface area contributed by atoms with Crippen LogP contribution in [-0.2, 0) is 4.79 Å². The van der Waals surface area contributed by atoms with Crippen LogP contribution in [0.2, 0.25) is 0 Å². The highest BCUT2D eigenvalue weighted by Gasteiger charge is 2.07. The smallest absolute Gasteiger partial charge is 0.253 e. The molecule has 0 bridgehead atoms. The van der Waals surface area contributed by atoms with Crippen LogP contribution in [0.15, 0.2) is 24.3 Å². The Balaban J connectivity index is 0.00000324. The van der Waals surface area contributed by atoms with E-state index >= 15 is 0 Å². The predicted molar refractivity (Wildman–Crippen MR) is 78.9 cm³/mol. The van der Waals surface area contributed by atoms with E-state index in [4.69, 9.17) is 0 Å². The zero-order valence-electron chi connectivity index (χ0n) is 11.4. The summed E-state index contributed by atoms with van der Waals surface area (Å²) in [5.74, 6) is -0.0981. The highest BCUT2D eigenvalue weighted by molar-refractivity contribution is 5.95. The summed E-state index contributed by atoms with van der Waals surface area (Å²) >= 11 is 0. The molecule has 0 unspecified atom stereocenters. The van der Waals surface area contributed by atoms with Crippen LogP contribution in [0.5, 0.6) is 0 Å². The molecule has 0 radical (unpaired) electrons. The molecule has 2 N–H and O–H groups in total. The maximum Gasteiger partial charge on any atom is 0.253 e. The Bertz CT molecular complexity index is 418. The average molecular weight is 286 g/mol. The van der Waals surface area contributed by atoms with Gasteiger partial charge in [-0.1, -0.05) is 0 Å². The number of amides is 2. The van der Waals surface area contributed by atoms with Gasteiger partial charge < -0.3 is 15.5 Å². The van der Waals surface area contributed by atoms with E-state index in [0.29, 0.717) is 24.2 Å². The molecule has 0 fully saturated rings. The molecule has 0 saturated heterocycles. The number of rotatable bonds is 5. The van der Waals surface area contributed by atoms with Gasteiger partial charge in [-0.2, -0.15) is 0 Å². The van der Waals surface area contributed by atoms with Crippen molar-refractivity contribution in [2.45, 2.75) is 6.42 Å². The lowest BCUT2D eigenvalue weighted by atomic mass is 10.2. The molecule has 0 atom stereocenters. The number of carbonyl (C=O) groups is 2. The van der Waals surface area contributed by atoms with Gasteiger partial charge >= 0.3 is 0 Å². The van der Waals surface area contributed by atoms with E-state index in [0.717, 1.165) is 0 Å². The summed E-state index contributed by atoms with van der Waals surface area (Å²) in [7, 11) is 5.21. The van der Waals surface area contributed by atoms with Crippen molar-refractivity contribution in [3.63, 3.8) is 0 Å². The van der Waals surface area contributed by atoms with E-state index in [-0.39, 0.29) is 24.2 Å². The van der Waals surface area contributed by atoms with E-state index < -0.39 is 0 Å². The van der Waals surface area contributed by atoms with Crippen molar-refractivity contribution in [2.24, 2.45) is 0 Å². The summed E-state index contributed by atoms with van der Waals surface area (Å²) in [6.45, 7) is 0.642. The lowest BCUT2D eigenvalue weighted by molar-refractivity contribution is -0.116. The molecule has 2 amide bonds. The van der Waals surface area contributed by atoms with Crippen molar-refractivity contribution >= 4 is 29.9 Å². The second kappa shape index (κ2) is 8.50. The molecular formula is C13H20ClN3O2.